The SMILES string of the molecule is COc1ccccc1CCNc1ncncc1N. The molecule has 1 aromatic heterocycles. The Balaban J connectivity index is 1.95. The number of nitrogens with two attached hydrogens (primary N) is 1. The minimum atomic E-state index is 0.553. The molecule has 0 amide bonds. The van der Waals surface area contributed by atoms with E-state index in [1.54, 1.807) is 13.3 Å². The molecule has 0 saturated carbocycles. The zero-order valence-electron chi connectivity index (χ0n) is 10.3. The molecule has 0 aliphatic heterocycles. The number of anilines is 2. The van der Waals surface area contributed by atoms with Crippen molar-refractivity contribution < 1.29 is 4.74 Å². The van der Waals surface area contributed by atoms with Crippen molar-refractivity contribution in [2.75, 3.05) is 24.7 Å². The number of para-hydroxylation sites is 1. The summed E-state index contributed by atoms with van der Waals surface area (Å²) in [5.41, 5.74) is 7.45. The standard InChI is InChI=1S/C13H16N4O/c1-18-12-5-3-2-4-10(12)6-7-16-13-11(14)8-15-9-17-13/h2-5,8-9H,6-7,14H2,1H3,(H,15,16,17). The second-order valence-corrected chi connectivity index (χ2v) is 3.82. The number of nitrogens with zero attached hydrogens (tertiary/aromatic N) is 2. The van der Waals surface area contributed by atoms with E-state index < -0.39 is 0 Å². The zero-order chi connectivity index (χ0) is 12.8. The molecular formula is C13H16N4O. The van der Waals surface area contributed by atoms with Crippen LogP contribution in [0.4, 0.5) is 11.5 Å². The van der Waals surface area contributed by atoms with Crippen molar-refractivity contribution in [2.24, 2.45) is 0 Å². The second kappa shape index (κ2) is 5.86. The molecule has 0 radical (unpaired) electrons. The molecule has 0 saturated heterocycles. The predicted octanol–water partition coefficient (Wildman–Crippen LogP) is 1.72. The Morgan fingerprint density at radius 2 is 2.17 bits per heavy atom. The highest BCUT2D eigenvalue weighted by Crippen LogP contribution is 2.18. The maximum Gasteiger partial charge on any atom is 0.152 e. The van der Waals surface area contributed by atoms with E-state index in [-0.39, 0.29) is 0 Å². The molecule has 0 spiro atoms. The van der Waals surface area contributed by atoms with Crippen LogP contribution in [0.5, 0.6) is 5.75 Å². The number of nitrogens with one attached hydrogen (secondary N) is 1. The summed E-state index contributed by atoms with van der Waals surface area (Å²) in [6.07, 6.45) is 3.90. The molecule has 18 heavy (non-hydrogen) atoms. The molecule has 2 rings (SSSR count). The Morgan fingerprint density at radius 1 is 1.33 bits per heavy atom. The summed E-state index contributed by atoms with van der Waals surface area (Å²) < 4.78 is 5.29. The van der Waals surface area contributed by atoms with E-state index in [1.807, 2.05) is 24.3 Å². The summed E-state index contributed by atoms with van der Waals surface area (Å²) in [5, 5.41) is 3.18. The fourth-order valence-electron chi connectivity index (χ4n) is 1.71. The molecule has 0 fully saturated rings. The van der Waals surface area contributed by atoms with Gasteiger partial charge in [0.1, 0.15) is 12.1 Å². The van der Waals surface area contributed by atoms with Gasteiger partial charge < -0.3 is 15.8 Å². The van der Waals surface area contributed by atoms with Crippen LogP contribution in [0.1, 0.15) is 5.56 Å². The van der Waals surface area contributed by atoms with Gasteiger partial charge in [-0.2, -0.15) is 0 Å². The van der Waals surface area contributed by atoms with Crippen LogP contribution >= 0.6 is 0 Å². The van der Waals surface area contributed by atoms with Crippen LogP contribution in [0.2, 0.25) is 0 Å². The lowest BCUT2D eigenvalue weighted by Crippen LogP contribution is -2.09. The molecule has 5 nitrogen and oxygen atoms in total. The molecule has 1 heterocycles. The fourth-order valence-corrected chi connectivity index (χ4v) is 1.71. The summed E-state index contributed by atoms with van der Waals surface area (Å²) in [6, 6.07) is 7.95. The van der Waals surface area contributed by atoms with Crippen LogP contribution in [0.3, 0.4) is 0 Å². The molecule has 94 valence electrons. The summed E-state index contributed by atoms with van der Waals surface area (Å²) >= 11 is 0. The summed E-state index contributed by atoms with van der Waals surface area (Å²) in [7, 11) is 1.68. The lowest BCUT2D eigenvalue weighted by atomic mass is 10.1. The first-order valence-corrected chi connectivity index (χ1v) is 5.72. The van der Waals surface area contributed by atoms with Crippen molar-refractivity contribution in [1.29, 1.82) is 0 Å². The van der Waals surface area contributed by atoms with Gasteiger partial charge in [0.05, 0.1) is 19.0 Å². The molecule has 0 unspecified atom stereocenters. The topological polar surface area (TPSA) is 73.1 Å². The van der Waals surface area contributed by atoms with Crippen molar-refractivity contribution in [3.05, 3.63) is 42.4 Å². The fraction of sp³-hybridized carbons (Fsp3) is 0.231. The molecule has 2 aromatic rings. The van der Waals surface area contributed by atoms with E-state index in [4.69, 9.17) is 10.5 Å². The van der Waals surface area contributed by atoms with Crippen LogP contribution in [-0.2, 0) is 6.42 Å². The largest absolute Gasteiger partial charge is 0.496 e. The quantitative estimate of drug-likeness (QED) is 0.837. The molecule has 0 atom stereocenters. The number of hydrogen-bond donors (Lipinski definition) is 2. The van der Waals surface area contributed by atoms with Crippen molar-refractivity contribution in [2.45, 2.75) is 6.42 Å². The van der Waals surface area contributed by atoms with Crippen LogP contribution in [-0.4, -0.2) is 23.6 Å². The van der Waals surface area contributed by atoms with Gasteiger partial charge in [-0.05, 0) is 18.1 Å². The molecule has 3 N–H and O–H groups in total. The summed E-state index contributed by atoms with van der Waals surface area (Å²) in [4.78, 5) is 7.92. The van der Waals surface area contributed by atoms with Gasteiger partial charge in [0, 0.05) is 6.54 Å². The monoisotopic (exact) mass is 244 g/mol. The van der Waals surface area contributed by atoms with Gasteiger partial charge >= 0.3 is 0 Å². The van der Waals surface area contributed by atoms with Crippen molar-refractivity contribution in [1.82, 2.24) is 9.97 Å². The van der Waals surface area contributed by atoms with Crippen LogP contribution in [0.25, 0.3) is 0 Å². The maximum absolute atomic E-state index is 5.74. The predicted molar refractivity (Wildman–Crippen MR) is 71.6 cm³/mol. The third-order valence-electron chi connectivity index (χ3n) is 2.62. The first kappa shape index (κ1) is 12.2. The van der Waals surface area contributed by atoms with E-state index in [0.29, 0.717) is 11.5 Å². The van der Waals surface area contributed by atoms with Gasteiger partial charge in [-0.1, -0.05) is 18.2 Å². The van der Waals surface area contributed by atoms with E-state index in [2.05, 4.69) is 15.3 Å². The Kier molecular flexibility index (Phi) is 3.96. The van der Waals surface area contributed by atoms with Gasteiger partial charge in [-0.25, -0.2) is 9.97 Å². The van der Waals surface area contributed by atoms with E-state index in [0.717, 1.165) is 24.3 Å². The molecule has 5 heteroatoms. The van der Waals surface area contributed by atoms with E-state index >= 15 is 0 Å². The number of ether oxygens (including phenoxy) is 1. The Labute approximate surface area is 106 Å². The summed E-state index contributed by atoms with van der Waals surface area (Å²) in [5.74, 6) is 1.56. The van der Waals surface area contributed by atoms with Gasteiger partial charge in [0.15, 0.2) is 5.82 Å². The number of methoxy groups -OCH3 is 1. The van der Waals surface area contributed by atoms with Gasteiger partial charge in [-0.15, -0.1) is 0 Å². The van der Waals surface area contributed by atoms with Gasteiger partial charge in [0.2, 0.25) is 0 Å². The van der Waals surface area contributed by atoms with Crippen molar-refractivity contribution >= 4 is 11.5 Å². The minimum Gasteiger partial charge on any atom is -0.496 e. The third kappa shape index (κ3) is 2.88. The second-order valence-electron chi connectivity index (χ2n) is 3.82. The normalized spacial score (nSPS) is 10.1. The highest BCUT2D eigenvalue weighted by molar-refractivity contribution is 5.58. The Morgan fingerprint density at radius 3 is 2.94 bits per heavy atom. The van der Waals surface area contributed by atoms with Gasteiger partial charge in [0.25, 0.3) is 0 Å². The molecule has 1 aromatic carbocycles. The Bertz CT molecular complexity index is 516. The lowest BCUT2D eigenvalue weighted by Gasteiger charge is -2.10. The smallest absolute Gasteiger partial charge is 0.152 e. The van der Waals surface area contributed by atoms with Crippen LogP contribution < -0.4 is 15.8 Å². The number of hydrogen-bond acceptors (Lipinski definition) is 5. The van der Waals surface area contributed by atoms with Crippen LogP contribution in [0.15, 0.2) is 36.8 Å². The van der Waals surface area contributed by atoms with E-state index in [9.17, 15) is 0 Å². The molecule has 0 aliphatic carbocycles. The first-order chi connectivity index (χ1) is 8.81. The van der Waals surface area contributed by atoms with Crippen LogP contribution in [0, 0.1) is 0 Å². The van der Waals surface area contributed by atoms with Crippen molar-refractivity contribution in [3.63, 3.8) is 0 Å². The number of aromatic nitrogens is 2. The first-order valence-electron chi connectivity index (χ1n) is 5.72. The number of benzene rings is 1. The Hall–Kier alpha value is -2.30. The highest BCUT2D eigenvalue weighted by atomic mass is 16.5. The molecule has 0 aliphatic rings. The average molecular weight is 244 g/mol. The third-order valence-corrected chi connectivity index (χ3v) is 2.62. The van der Waals surface area contributed by atoms with Gasteiger partial charge in [-0.3, -0.25) is 0 Å². The molecule has 0 bridgehead atoms. The highest BCUT2D eigenvalue weighted by Gasteiger charge is 2.02. The van der Waals surface area contributed by atoms with Crippen molar-refractivity contribution in [3.8, 4) is 5.75 Å². The summed E-state index contributed by atoms with van der Waals surface area (Å²) in [6.45, 7) is 0.738. The lowest BCUT2D eigenvalue weighted by molar-refractivity contribution is 0.410. The number of rotatable bonds is 5. The number of nitrogen functional groups attached to an aromatic ring is 1. The average Bonchev–Trinajstić information content (AvgIpc) is 2.41. The maximum atomic E-state index is 5.74. The molecular weight excluding hydrogens is 228 g/mol. The van der Waals surface area contributed by atoms with E-state index in [1.165, 1.54) is 6.33 Å². The minimum absolute atomic E-state index is 0.553. The zero-order valence-corrected chi connectivity index (χ0v) is 10.3.